The van der Waals surface area contributed by atoms with Crippen molar-refractivity contribution < 1.29 is 14.3 Å². The third-order valence-electron chi connectivity index (χ3n) is 6.04. The largest absolute Gasteiger partial charge is 0.497 e. The molecule has 1 saturated carbocycles. The first-order chi connectivity index (χ1) is 16.0. The summed E-state index contributed by atoms with van der Waals surface area (Å²) in [6.07, 6.45) is 5.60. The van der Waals surface area contributed by atoms with Crippen LogP contribution in [0.3, 0.4) is 0 Å². The van der Waals surface area contributed by atoms with Crippen LogP contribution in [0.5, 0.6) is 5.75 Å². The Morgan fingerprint density at radius 2 is 1.70 bits per heavy atom. The van der Waals surface area contributed by atoms with E-state index in [4.69, 9.17) is 4.74 Å². The predicted molar refractivity (Wildman–Crippen MR) is 138 cm³/mol. The molecule has 3 rings (SSSR count). The number of rotatable bonds is 10. The van der Waals surface area contributed by atoms with Gasteiger partial charge in [-0.2, -0.15) is 0 Å². The molecule has 0 spiro atoms. The third kappa shape index (κ3) is 8.07. The number of ether oxygens (including phenoxy) is 1. The number of benzene rings is 2. The van der Waals surface area contributed by atoms with Crippen LogP contribution in [0.2, 0.25) is 0 Å². The van der Waals surface area contributed by atoms with Crippen molar-refractivity contribution in [1.29, 1.82) is 0 Å². The van der Waals surface area contributed by atoms with Gasteiger partial charge in [0.25, 0.3) is 0 Å². The average Bonchev–Trinajstić information content (AvgIpc) is 2.84. The standard InChI is InChI=1S/C26H33BrN2O3S/c1-19(26(31)28-23-6-4-3-5-7-23)29(16-20-8-12-22(27)13-9-20)25(30)18-33-17-21-10-14-24(32-2)15-11-21/h8-15,19,23H,3-7,16-18H2,1-2H3,(H,28,31)/t19-/m1/s1. The maximum Gasteiger partial charge on any atom is 0.242 e. The summed E-state index contributed by atoms with van der Waals surface area (Å²) in [6.45, 7) is 2.25. The molecule has 2 aromatic rings. The van der Waals surface area contributed by atoms with E-state index < -0.39 is 6.04 Å². The van der Waals surface area contributed by atoms with Gasteiger partial charge in [0.1, 0.15) is 11.8 Å². The monoisotopic (exact) mass is 532 g/mol. The van der Waals surface area contributed by atoms with E-state index in [0.717, 1.165) is 52.8 Å². The summed E-state index contributed by atoms with van der Waals surface area (Å²) in [6, 6.07) is 15.5. The number of hydrogen-bond donors (Lipinski definition) is 1. The fourth-order valence-corrected chi connectivity index (χ4v) is 5.13. The molecule has 0 unspecified atom stereocenters. The Morgan fingerprint density at radius 1 is 1.06 bits per heavy atom. The maximum atomic E-state index is 13.2. The molecule has 0 bridgehead atoms. The van der Waals surface area contributed by atoms with Gasteiger partial charge < -0.3 is 15.0 Å². The second kappa shape index (κ2) is 13.0. The van der Waals surface area contributed by atoms with Gasteiger partial charge in [-0.15, -0.1) is 11.8 Å². The van der Waals surface area contributed by atoms with Crippen LogP contribution in [-0.4, -0.2) is 41.7 Å². The Bertz CT molecular complexity index is 899. The Balaban J connectivity index is 1.63. The van der Waals surface area contributed by atoms with Gasteiger partial charge in [-0.1, -0.05) is 59.5 Å². The van der Waals surface area contributed by atoms with Crippen LogP contribution >= 0.6 is 27.7 Å². The number of halogens is 1. The lowest BCUT2D eigenvalue weighted by atomic mass is 9.95. The lowest BCUT2D eigenvalue weighted by molar-refractivity contribution is -0.139. The molecule has 0 saturated heterocycles. The number of carbonyl (C=O) groups is 2. The minimum atomic E-state index is -0.523. The number of amides is 2. The normalized spacial score (nSPS) is 15.0. The van der Waals surface area contributed by atoms with Crippen molar-refractivity contribution in [2.24, 2.45) is 0 Å². The Kier molecular flexibility index (Phi) is 10.1. The molecule has 0 aliphatic heterocycles. The van der Waals surface area contributed by atoms with Crippen LogP contribution in [0.25, 0.3) is 0 Å². The van der Waals surface area contributed by atoms with Gasteiger partial charge in [-0.3, -0.25) is 9.59 Å². The van der Waals surface area contributed by atoms with Crippen molar-refractivity contribution in [1.82, 2.24) is 10.2 Å². The number of methoxy groups -OCH3 is 1. The first kappa shape index (κ1) is 25.6. The minimum Gasteiger partial charge on any atom is -0.497 e. The van der Waals surface area contributed by atoms with Crippen molar-refractivity contribution >= 4 is 39.5 Å². The second-order valence-electron chi connectivity index (χ2n) is 8.51. The maximum absolute atomic E-state index is 13.2. The highest BCUT2D eigenvalue weighted by Crippen LogP contribution is 2.21. The molecule has 5 nitrogen and oxygen atoms in total. The van der Waals surface area contributed by atoms with E-state index in [2.05, 4.69) is 21.2 Å². The molecule has 0 heterocycles. The van der Waals surface area contributed by atoms with Crippen molar-refractivity contribution in [2.75, 3.05) is 12.9 Å². The number of nitrogens with one attached hydrogen (secondary N) is 1. The van der Waals surface area contributed by atoms with E-state index in [-0.39, 0.29) is 17.9 Å². The predicted octanol–water partition coefficient (Wildman–Crippen LogP) is 5.56. The first-order valence-electron chi connectivity index (χ1n) is 11.5. The summed E-state index contributed by atoms with van der Waals surface area (Å²) in [4.78, 5) is 28.0. The Labute approximate surface area is 209 Å². The van der Waals surface area contributed by atoms with E-state index >= 15 is 0 Å². The minimum absolute atomic E-state index is 0.0253. The van der Waals surface area contributed by atoms with Crippen LogP contribution < -0.4 is 10.1 Å². The fraction of sp³-hybridized carbons (Fsp3) is 0.462. The number of hydrogen-bond acceptors (Lipinski definition) is 4. The van der Waals surface area contributed by atoms with Crippen LogP contribution in [0.1, 0.15) is 50.2 Å². The van der Waals surface area contributed by atoms with Gasteiger partial charge in [-0.25, -0.2) is 0 Å². The number of thioether (sulfide) groups is 1. The molecule has 7 heteroatoms. The fourth-order valence-electron chi connectivity index (χ4n) is 4.00. The van der Waals surface area contributed by atoms with E-state index in [9.17, 15) is 9.59 Å². The third-order valence-corrected chi connectivity index (χ3v) is 7.56. The van der Waals surface area contributed by atoms with Gasteiger partial charge >= 0.3 is 0 Å². The van der Waals surface area contributed by atoms with E-state index in [1.54, 1.807) is 23.8 Å². The Morgan fingerprint density at radius 3 is 2.33 bits per heavy atom. The summed E-state index contributed by atoms with van der Waals surface area (Å²) in [5, 5.41) is 3.18. The summed E-state index contributed by atoms with van der Waals surface area (Å²) in [7, 11) is 1.65. The summed E-state index contributed by atoms with van der Waals surface area (Å²) in [5.74, 6) is 1.78. The molecule has 0 radical (unpaired) electrons. The molecule has 0 aromatic heterocycles. The number of carbonyl (C=O) groups excluding carboxylic acids is 2. The average molecular weight is 534 g/mol. The van der Waals surface area contributed by atoms with E-state index in [1.807, 2.05) is 55.5 Å². The number of nitrogens with zero attached hydrogens (tertiary/aromatic N) is 1. The molecule has 1 fully saturated rings. The van der Waals surface area contributed by atoms with Gasteiger partial charge in [-0.05, 0) is 55.2 Å². The van der Waals surface area contributed by atoms with Crippen LogP contribution in [0, 0.1) is 0 Å². The van der Waals surface area contributed by atoms with Crippen molar-refractivity contribution in [2.45, 2.75) is 63.4 Å². The van der Waals surface area contributed by atoms with Crippen LogP contribution in [0.4, 0.5) is 0 Å². The summed E-state index contributed by atoms with van der Waals surface area (Å²) >= 11 is 5.02. The van der Waals surface area contributed by atoms with Gasteiger partial charge in [0.2, 0.25) is 11.8 Å². The molecule has 2 aromatic carbocycles. The highest BCUT2D eigenvalue weighted by Gasteiger charge is 2.28. The van der Waals surface area contributed by atoms with E-state index in [1.165, 1.54) is 6.42 Å². The highest BCUT2D eigenvalue weighted by atomic mass is 79.9. The van der Waals surface area contributed by atoms with Crippen molar-refractivity contribution in [3.63, 3.8) is 0 Å². The molecule has 1 N–H and O–H groups in total. The van der Waals surface area contributed by atoms with Gasteiger partial charge in [0.15, 0.2) is 0 Å². The van der Waals surface area contributed by atoms with Crippen molar-refractivity contribution in [3.8, 4) is 5.75 Å². The molecule has 33 heavy (non-hydrogen) atoms. The molecule has 1 atom stereocenters. The molecule has 178 valence electrons. The quantitative estimate of drug-likeness (QED) is 0.435. The summed E-state index contributed by atoms with van der Waals surface area (Å²) in [5.41, 5.74) is 2.14. The smallest absolute Gasteiger partial charge is 0.242 e. The van der Waals surface area contributed by atoms with E-state index in [0.29, 0.717) is 12.3 Å². The second-order valence-corrected chi connectivity index (χ2v) is 10.4. The lowest BCUT2D eigenvalue weighted by Gasteiger charge is -2.31. The van der Waals surface area contributed by atoms with Gasteiger partial charge in [0, 0.05) is 22.8 Å². The van der Waals surface area contributed by atoms with Crippen molar-refractivity contribution in [3.05, 3.63) is 64.1 Å². The lowest BCUT2D eigenvalue weighted by Crippen LogP contribution is -2.50. The van der Waals surface area contributed by atoms with Crippen LogP contribution in [-0.2, 0) is 21.9 Å². The topological polar surface area (TPSA) is 58.6 Å². The summed E-state index contributed by atoms with van der Waals surface area (Å²) < 4.78 is 6.19. The molecule has 1 aliphatic carbocycles. The zero-order valence-electron chi connectivity index (χ0n) is 19.4. The molecular formula is C26H33BrN2O3S. The van der Waals surface area contributed by atoms with Gasteiger partial charge in [0.05, 0.1) is 12.9 Å². The molecular weight excluding hydrogens is 500 g/mol. The highest BCUT2D eigenvalue weighted by molar-refractivity contribution is 9.10. The molecule has 2 amide bonds. The SMILES string of the molecule is COc1ccc(CSCC(=O)N(Cc2ccc(Br)cc2)[C@H](C)C(=O)NC2CCCCC2)cc1. The first-order valence-corrected chi connectivity index (χ1v) is 13.5. The zero-order chi connectivity index (χ0) is 23.6. The Hall–Kier alpha value is -1.99. The molecule has 1 aliphatic rings. The zero-order valence-corrected chi connectivity index (χ0v) is 21.8. The van der Waals surface area contributed by atoms with Crippen LogP contribution in [0.15, 0.2) is 53.0 Å².